The molecule has 0 radical (unpaired) electrons. The van der Waals surface area contributed by atoms with Gasteiger partial charge in [-0.15, -0.1) is 11.3 Å². The van der Waals surface area contributed by atoms with E-state index < -0.39 is 0 Å². The zero-order chi connectivity index (χ0) is 15.5. The summed E-state index contributed by atoms with van der Waals surface area (Å²) in [6.45, 7) is 1.58. The molecule has 1 aliphatic carbocycles. The highest BCUT2D eigenvalue weighted by Gasteiger charge is 2.28. The molecule has 1 aliphatic rings. The molecule has 0 aliphatic heterocycles. The topological polar surface area (TPSA) is 79.5 Å². The second kappa shape index (κ2) is 6.46. The number of thiazole rings is 1. The first kappa shape index (κ1) is 15.0. The van der Waals surface area contributed by atoms with Gasteiger partial charge in [0, 0.05) is 25.0 Å². The van der Waals surface area contributed by atoms with Crippen molar-refractivity contribution in [1.82, 2.24) is 9.88 Å². The van der Waals surface area contributed by atoms with Gasteiger partial charge in [0.25, 0.3) is 5.91 Å². The Labute approximate surface area is 133 Å². The van der Waals surface area contributed by atoms with Crippen LogP contribution in [-0.2, 0) is 13.1 Å². The van der Waals surface area contributed by atoms with Crippen molar-refractivity contribution in [3.8, 4) is 5.75 Å². The Morgan fingerprint density at radius 1 is 1.45 bits per heavy atom. The number of phenolic OH excluding ortho intramolecular Hbond substituents is 1. The number of hydrogen-bond donors (Lipinski definition) is 2. The number of carbonyl (C=O) groups is 1. The van der Waals surface area contributed by atoms with E-state index in [9.17, 15) is 9.90 Å². The number of aromatic hydroxyl groups is 1. The van der Waals surface area contributed by atoms with E-state index in [1.807, 2.05) is 11.0 Å². The summed E-state index contributed by atoms with van der Waals surface area (Å²) in [6, 6.07) is 7.03. The third-order valence-electron chi connectivity index (χ3n) is 3.69. The molecule has 1 fully saturated rings. The van der Waals surface area contributed by atoms with Crippen LogP contribution in [0, 0.1) is 5.92 Å². The number of rotatable bonds is 6. The molecule has 0 spiro atoms. The summed E-state index contributed by atoms with van der Waals surface area (Å²) in [7, 11) is 0. The van der Waals surface area contributed by atoms with Crippen LogP contribution < -0.4 is 5.73 Å². The molecular weight excluding hydrogens is 298 g/mol. The van der Waals surface area contributed by atoms with Gasteiger partial charge >= 0.3 is 0 Å². The molecule has 116 valence electrons. The number of nitrogens with two attached hydrogens (primary N) is 1. The van der Waals surface area contributed by atoms with Crippen LogP contribution in [0.4, 0.5) is 0 Å². The molecule has 22 heavy (non-hydrogen) atoms. The maximum Gasteiger partial charge on any atom is 0.273 e. The van der Waals surface area contributed by atoms with E-state index in [0.717, 1.165) is 17.1 Å². The van der Waals surface area contributed by atoms with Crippen LogP contribution in [0.2, 0.25) is 0 Å². The molecule has 0 saturated heterocycles. The maximum atomic E-state index is 12.7. The zero-order valence-electron chi connectivity index (χ0n) is 12.2. The molecule has 3 rings (SSSR count). The van der Waals surface area contributed by atoms with Crippen molar-refractivity contribution in [2.24, 2.45) is 11.7 Å². The lowest BCUT2D eigenvalue weighted by Crippen LogP contribution is -2.32. The highest BCUT2D eigenvalue weighted by atomic mass is 32.1. The standard InChI is InChI=1S/C16H19N3O2S/c17-7-15-18-14(10-22-15)16(21)19(8-11-4-5-11)9-12-2-1-3-13(20)6-12/h1-3,6,10-11,20H,4-5,7-9,17H2. The monoisotopic (exact) mass is 317 g/mol. The predicted molar refractivity (Wildman–Crippen MR) is 85.6 cm³/mol. The van der Waals surface area contributed by atoms with Gasteiger partial charge in [-0.2, -0.15) is 0 Å². The quantitative estimate of drug-likeness (QED) is 0.857. The summed E-state index contributed by atoms with van der Waals surface area (Å²) in [5, 5.41) is 12.1. The van der Waals surface area contributed by atoms with Gasteiger partial charge in [0.2, 0.25) is 0 Å². The number of amides is 1. The fourth-order valence-electron chi connectivity index (χ4n) is 2.37. The lowest BCUT2D eigenvalue weighted by Gasteiger charge is -2.22. The van der Waals surface area contributed by atoms with Gasteiger partial charge in [-0.1, -0.05) is 12.1 Å². The van der Waals surface area contributed by atoms with Crippen LogP contribution in [0.25, 0.3) is 0 Å². The molecule has 6 heteroatoms. The highest BCUT2D eigenvalue weighted by Crippen LogP contribution is 2.31. The Kier molecular flexibility index (Phi) is 4.40. The lowest BCUT2D eigenvalue weighted by atomic mass is 10.2. The Hall–Kier alpha value is -1.92. The largest absolute Gasteiger partial charge is 0.508 e. The number of nitrogens with zero attached hydrogens (tertiary/aromatic N) is 2. The van der Waals surface area contributed by atoms with Gasteiger partial charge in [-0.3, -0.25) is 4.79 Å². The van der Waals surface area contributed by atoms with Crippen molar-refractivity contribution in [1.29, 1.82) is 0 Å². The van der Waals surface area contributed by atoms with E-state index >= 15 is 0 Å². The fraction of sp³-hybridized carbons (Fsp3) is 0.375. The SMILES string of the molecule is NCc1nc(C(=O)N(Cc2cccc(O)c2)CC2CC2)cs1. The highest BCUT2D eigenvalue weighted by molar-refractivity contribution is 7.09. The van der Waals surface area contributed by atoms with Crippen molar-refractivity contribution in [2.75, 3.05) is 6.54 Å². The minimum absolute atomic E-state index is 0.0637. The van der Waals surface area contributed by atoms with Gasteiger partial charge in [-0.25, -0.2) is 4.98 Å². The molecule has 1 aromatic carbocycles. The molecule has 0 unspecified atom stereocenters. The second-order valence-corrected chi connectivity index (χ2v) is 6.57. The van der Waals surface area contributed by atoms with E-state index in [2.05, 4.69) is 4.98 Å². The van der Waals surface area contributed by atoms with E-state index in [-0.39, 0.29) is 11.7 Å². The summed E-state index contributed by atoms with van der Waals surface area (Å²) in [6.07, 6.45) is 2.35. The van der Waals surface area contributed by atoms with Crippen molar-refractivity contribution < 1.29 is 9.90 Å². The van der Waals surface area contributed by atoms with Crippen LogP contribution in [0.5, 0.6) is 5.75 Å². The van der Waals surface area contributed by atoms with Crippen LogP contribution >= 0.6 is 11.3 Å². The van der Waals surface area contributed by atoms with Gasteiger partial charge in [-0.05, 0) is 36.5 Å². The molecule has 1 heterocycles. The van der Waals surface area contributed by atoms with Crippen LogP contribution in [0.1, 0.15) is 33.9 Å². The molecule has 0 atom stereocenters. The summed E-state index contributed by atoms with van der Waals surface area (Å²) < 4.78 is 0. The average molecular weight is 317 g/mol. The van der Waals surface area contributed by atoms with E-state index in [1.165, 1.54) is 24.2 Å². The van der Waals surface area contributed by atoms with Crippen molar-refractivity contribution in [2.45, 2.75) is 25.9 Å². The van der Waals surface area contributed by atoms with Gasteiger partial charge in [0.05, 0.1) is 0 Å². The van der Waals surface area contributed by atoms with E-state index in [4.69, 9.17) is 5.73 Å². The maximum absolute atomic E-state index is 12.7. The second-order valence-electron chi connectivity index (χ2n) is 5.63. The van der Waals surface area contributed by atoms with Crippen molar-refractivity contribution in [3.63, 3.8) is 0 Å². The molecule has 5 nitrogen and oxygen atoms in total. The minimum Gasteiger partial charge on any atom is -0.508 e. The Morgan fingerprint density at radius 2 is 2.27 bits per heavy atom. The third kappa shape index (κ3) is 3.64. The molecule has 1 aromatic heterocycles. The Bertz CT molecular complexity index is 667. The van der Waals surface area contributed by atoms with Gasteiger partial charge in [0.1, 0.15) is 16.5 Å². The minimum atomic E-state index is -0.0637. The normalized spacial score (nSPS) is 14.0. The number of benzene rings is 1. The predicted octanol–water partition coefficient (Wildman–Crippen LogP) is 2.36. The molecular formula is C16H19N3O2S. The average Bonchev–Trinajstić information content (AvgIpc) is 3.19. The molecule has 0 bridgehead atoms. The van der Waals surface area contributed by atoms with Crippen LogP contribution in [0.3, 0.4) is 0 Å². The lowest BCUT2D eigenvalue weighted by molar-refractivity contribution is 0.0729. The Morgan fingerprint density at radius 3 is 2.91 bits per heavy atom. The van der Waals surface area contributed by atoms with Gasteiger partial charge in [0.15, 0.2) is 0 Å². The number of carbonyl (C=O) groups excluding carboxylic acids is 1. The van der Waals surface area contributed by atoms with E-state index in [0.29, 0.717) is 24.7 Å². The van der Waals surface area contributed by atoms with Gasteiger partial charge < -0.3 is 15.7 Å². The number of aromatic nitrogens is 1. The first-order valence-electron chi connectivity index (χ1n) is 7.37. The molecule has 1 amide bonds. The smallest absolute Gasteiger partial charge is 0.273 e. The van der Waals surface area contributed by atoms with Crippen LogP contribution in [-0.4, -0.2) is 27.4 Å². The Balaban J connectivity index is 1.77. The fourth-order valence-corrected chi connectivity index (χ4v) is 3.02. The first-order chi connectivity index (χ1) is 10.7. The summed E-state index contributed by atoms with van der Waals surface area (Å²) >= 11 is 1.41. The van der Waals surface area contributed by atoms with Crippen molar-refractivity contribution >= 4 is 17.2 Å². The first-order valence-corrected chi connectivity index (χ1v) is 8.25. The third-order valence-corrected chi connectivity index (χ3v) is 4.56. The van der Waals surface area contributed by atoms with E-state index in [1.54, 1.807) is 23.6 Å². The molecule has 2 aromatic rings. The van der Waals surface area contributed by atoms with Crippen LogP contribution in [0.15, 0.2) is 29.6 Å². The summed E-state index contributed by atoms with van der Waals surface area (Å²) in [4.78, 5) is 18.8. The van der Waals surface area contributed by atoms with Crippen molar-refractivity contribution in [3.05, 3.63) is 45.9 Å². The zero-order valence-corrected chi connectivity index (χ0v) is 13.1. The summed E-state index contributed by atoms with van der Waals surface area (Å²) in [5.74, 6) is 0.746. The summed E-state index contributed by atoms with van der Waals surface area (Å²) in [5.41, 5.74) is 6.95. The molecule has 3 N–H and O–H groups in total. The number of phenols is 1. The number of hydrogen-bond acceptors (Lipinski definition) is 5. The molecule has 1 saturated carbocycles.